The quantitative estimate of drug-likeness (QED) is 0.466. The van der Waals surface area contributed by atoms with Crippen LogP contribution in [0.25, 0.3) is 10.9 Å². The number of nitrogens with one attached hydrogen (secondary N) is 1. The average molecular weight is 423 g/mol. The first-order chi connectivity index (χ1) is 15.5. The smallest absolute Gasteiger partial charge is 0.228 e. The van der Waals surface area contributed by atoms with Crippen molar-refractivity contribution in [2.45, 2.75) is 26.3 Å². The van der Waals surface area contributed by atoms with Gasteiger partial charge in [0.25, 0.3) is 0 Å². The van der Waals surface area contributed by atoms with Gasteiger partial charge in [0.15, 0.2) is 0 Å². The number of aromatic nitrogens is 3. The van der Waals surface area contributed by atoms with Gasteiger partial charge in [-0.1, -0.05) is 12.1 Å². The summed E-state index contributed by atoms with van der Waals surface area (Å²) in [6, 6.07) is 14.2. The number of anilines is 1. The number of fused-ring (bicyclic) bond motifs is 1. The Morgan fingerprint density at radius 1 is 1.12 bits per heavy atom. The molecule has 0 atom stereocenters. The van der Waals surface area contributed by atoms with Gasteiger partial charge in [0.05, 0.1) is 29.1 Å². The molecule has 0 radical (unpaired) electrons. The van der Waals surface area contributed by atoms with Crippen LogP contribution in [0.3, 0.4) is 0 Å². The summed E-state index contributed by atoms with van der Waals surface area (Å²) in [5.41, 5.74) is 3.53. The van der Waals surface area contributed by atoms with Crippen molar-refractivity contribution in [1.82, 2.24) is 14.5 Å². The highest BCUT2D eigenvalue weighted by molar-refractivity contribution is 6.15. The molecule has 32 heavy (non-hydrogen) atoms. The van der Waals surface area contributed by atoms with Gasteiger partial charge in [-0.25, -0.2) is 0 Å². The van der Waals surface area contributed by atoms with Crippen LogP contribution >= 0.6 is 0 Å². The molecule has 7 heteroatoms. The number of hydrogen-bond acceptors (Lipinski definition) is 5. The van der Waals surface area contributed by atoms with Crippen molar-refractivity contribution in [1.29, 1.82) is 5.26 Å². The second kappa shape index (κ2) is 8.82. The Kier molecular flexibility index (Phi) is 5.77. The summed E-state index contributed by atoms with van der Waals surface area (Å²) in [6.45, 7) is 4.10. The number of hydrogen-bond donors (Lipinski definition) is 1. The van der Waals surface area contributed by atoms with Crippen LogP contribution in [0, 0.1) is 11.3 Å². The van der Waals surface area contributed by atoms with E-state index in [-0.39, 0.29) is 29.8 Å². The molecule has 0 aliphatic carbocycles. The second-order valence-corrected chi connectivity index (χ2v) is 7.73. The monoisotopic (exact) mass is 423 g/mol. The van der Waals surface area contributed by atoms with Gasteiger partial charge >= 0.3 is 0 Å². The first-order valence-electron chi connectivity index (χ1n) is 10.2. The Balaban J connectivity index is 1.55. The zero-order valence-corrected chi connectivity index (χ0v) is 17.7. The predicted molar refractivity (Wildman–Crippen MR) is 121 cm³/mol. The summed E-state index contributed by atoms with van der Waals surface area (Å²) in [7, 11) is 0. The molecule has 0 unspecified atom stereocenters. The highest BCUT2D eigenvalue weighted by atomic mass is 16.1. The molecule has 0 aliphatic heterocycles. The lowest BCUT2D eigenvalue weighted by Gasteiger charge is -2.08. The SMILES string of the molecule is CC(C)n1cc(C(=O)c2cc(NC(=O)Cc3ccc(C#N)cc3)ccn2)c2cnccc21. The summed E-state index contributed by atoms with van der Waals surface area (Å²) >= 11 is 0. The number of ketones is 1. The van der Waals surface area contributed by atoms with Gasteiger partial charge in [-0.2, -0.15) is 5.26 Å². The first kappa shape index (κ1) is 20.9. The largest absolute Gasteiger partial charge is 0.344 e. The minimum atomic E-state index is -0.231. The van der Waals surface area contributed by atoms with Crippen molar-refractivity contribution in [2.75, 3.05) is 5.32 Å². The van der Waals surface area contributed by atoms with E-state index in [0.717, 1.165) is 16.5 Å². The maximum Gasteiger partial charge on any atom is 0.228 e. The number of amides is 1. The van der Waals surface area contributed by atoms with Gasteiger partial charge < -0.3 is 9.88 Å². The maximum atomic E-state index is 13.2. The topological polar surface area (TPSA) is 101 Å². The van der Waals surface area contributed by atoms with E-state index in [1.165, 1.54) is 6.20 Å². The van der Waals surface area contributed by atoms with Gasteiger partial charge in [0, 0.05) is 41.9 Å². The Hall–Kier alpha value is -4.31. The van der Waals surface area contributed by atoms with Crippen molar-refractivity contribution < 1.29 is 9.59 Å². The molecule has 4 aromatic rings. The zero-order chi connectivity index (χ0) is 22.7. The first-order valence-corrected chi connectivity index (χ1v) is 10.2. The summed E-state index contributed by atoms with van der Waals surface area (Å²) in [4.78, 5) is 34.1. The van der Waals surface area contributed by atoms with Crippen molar-refractivity contribution >= 4 is 28.3 Å². The lowest BCUT2D eigenvalue weighted by molar-refractivity contribution is -0.115. The minimum absolute atomic E-state index is 0.158. The van der Waals surface area contributed by atoms with Crippen LogP contribution in [0.2, 0.25) is 0 Å². The molecular weight excluding hydrogens is 402 g/mol. The average Bonchev–Trinajstić information content (AvgIpc) is 3.19. The highest BCUT2D eigenvalue weighted by Crippen LogP contribution is 2.26. The van der Waals surface area contributed by atoms with Crippen LogP contribution in [0.5, 0.6) is 0 Å². The standard InChI is InChI=1S/C25H21N5O2/c1-16(2)30-15-21(20-14-27-9-8-23(20)30)25(32)22-12-19(7-10-28-22)29-24(31)11-17-3-5-18(13-26)6-4-17/h3-10,12,14-16H,11H2,1-2H3,(H,28,29,31). The number of rotatable bonds is 6. The third-order valence-electron chi connectivity index (χ3n) is 5.16. The van der Waals surface area contributed by atoms with Crippen LogP contribution in [0.1, 0.15) is 47.1 Å². The van der Waals surface area contributed by atoms with E-state index in [1.54, 1.807) is 48.8 Å². The Morgan fingerprint density at radius 2 is 1.91 bits per heavy atom. The van der Waals surface area contributed by atoms with E-state index in [0.29, 0.717) is 16.8 Å². The van der Waals surface area contributed by atoms with Gasteiger partial charge in [0.2, 0.25) is 11.7 Å². The van der Waals surface area contributed by atoms with Gasteiger partial charge in [0.1, 0.15) is 5.69 Å². The van der Waals surface area contributed by atoms with Gasteiger partial charge in [-0.05, 0) is 49.7 Å². The Morgan fingerprint density at radius 3 is 2.62 bits per heavy atom. The fourth-order valence-electron chi connectivity index (χ4n) is 3.56. The molecule has 158 valence electrons. The summed E-state index contributed by atoms with van der Waals surface area (Å²) in [6.07, 6.45) is 6.88. The lowest BCUT2D eigenvalue weighted by Crippen LogP contribution is -2.15. The van der Waals surface area contributed by atoms with E-state index in [1.807, 2.05) is 16.8 Å². The third kappa shape index (κ3) is 4.25. The number of carbonyl (C=O) groups is 2. The normalized spacial score (nSPS) is 10.8. The molecule has 3 aromatic heterocycles. The fourth-order valence-corrected chi connectivity index (χ4v) is 3.56. The molecule has 0 saturated carbocycles. The van der Waals surface area contributed by atoms with Crippen LogP contribution < -0.4 is 5.32 Å². The van der Waals surface area contributed by atoms with E-state index in [4.69, 9.17) is 5.26 Å². The molecule has 0 fully saturated rings. The van der Waals surface area contributed by atoms with E-state index in [2.05, 4.69) is 35.2 Å². The van der Waals surface area contributed by atoms with Crippen molar-refractivity contribution in [2.24, 2.45) is 0 Å². The molecule has 0 aliphatic rings. The van der Waals surface area contributed by atoms with Crippen molar-refractivity contribution in [3.8, 4) is 6.07 Å². The molecule has 4 rings (SSSR count). The number of carbonyl (C=O) groups excluding carboxylic acids is 2. The number of benzene rings is 1. The Labute approximate surface area is 185 Å². The molecule has 7 nitrogen and oxygen atoms in total. The summed E-state index contributed by atoms with van der Waals surface area (Å²) in [5.74, 6) is -0.453. The van der Waals surface area contributed by atoms with E-state index in [9.17, 15) is 9.59 Å². The molecule has 3 heterocycles. The molecule has 0 bridgehead atoms. The van der Waals surface area contributed by atoms with Crippen LogP contribution in [-0.2, 0) is 11.2 Å². The fraction of sp³-hybridized carbons (Fsp3) is 0.160. The number of nitrogens with zero attached hydrogens (tertiary/aromatic N) is 4. The lowest BCUT2D eigenvalue weighted by atomic mass is 10.1. The number of pyridine rings is 2. The van der Waals surface area contributed by atoms with Crippen LogP contribution in [-0.4, -0.2) is 26.2 Å². The number of nitriles is 1. The van der Waals surface area contributed by atoms with E-state index >= 15 is 0 Å². The zero-order valence-electron chi connectivity index (χ0n) is 17.7. The second-order valence-electron chi connectivity index (χ2n) is 7.73. The predicted octanol–water partition coefficient (Wildman–Crippen LogP) is 4.30. The van der Waals surface area contributed by atoms with Gasteiger partial charge in [-0.15, -0.1) is 0 Å². The highest BCUT2D eigenvalue weighted by Gasteiger charge is 2.19. The third-order valence-corrected chi connectivity index (χ3v) is 5.16. The summed E-state index contributed by atoms with van der Waals surface area (Å²) in [5, 5.41) is 12.5. The molecule has 1 N–H and O–H groups in total. The minimum Gasteiger partial charge on any atom is -0.344 e. The molecular formula is C25H21N5O2. The van der Waals surface area contributed by atoms with Gasteiger partial charge in [-0.3, -0.25) is 19.6 Å². The van der Waals surface area contributed by atoms with Crippen LogP contribution in [0.15, 0.2) is 67.3 Å². The van der Waals surface area contributed by atoms with E-state index < -0.39 is 0 Å². The molecule has 0 spiro atoms. The van der Waals surface area contributed by atoms with Crippen molar-refractivity contribution in [3.05, 3.63) is 89.6 Å². The Bertz CT molecular complexity index is 1350. The summed E-state index contributed by atoms with van der Waals surface area (Å²) < 4.78 is 2.04. The molecule has 0 saturated heterocycles. The maximum absolute atomic E-state index is 13.2. The molecule has 1 amide bonds. The van der Waals surface area contributed by atoms with Crippen LogP contribution in [0.4, 0.5) is 5.69 Å². The van der Waals surface area contributed by atoms with Crippen molar-refractivity contribution in [3.63, 3.8) is 0 Å². The molecule has 1 aromatic carbocycles.